The van der Waals surface area contributed by atoms with Crippen molar-refractivity contribution in [2.24, 2.45) is 0 Å². The number of amides is 1. The van der Waals surface area contributed by atoms with E-state index in [2.05, 4.69) is 4.98 Å². The lowest BCUT2D eigenvalue weighted by molar-refractivity contribution is 0.154. The first-order valence-electron chi connectivity index (χ1n) is 9.41. The van der Waals surface area contributed by atoms with E-state index in [9.17, 15) is 4.79 Å². The molecule has 0 bridgehead atoms. The van der Waals surface area contributed by atoms with E-state index >= 15 is 0 Å². The van der Waals surface area contributed by atoms with Crippen molar-refractivity contribution in [2.45, 2.75) is 26.7 Å². The van der Waals surface area contributed by atoms with Gasteiger partial charge in [-0.2, -0.15) is 9.78 Å². The molecule has 0 saturated heterocycles. The molecule has 0 aliphatic heterocycles. The number of carbonyl (C=O) groups is 1. The van der Waals surface area contributed by atoms with Crippen LogP contribution in [0.3, 0.4) is 0 Å². The number of aryl methyl sites for hydroxylation is 2. The van der Waals surface area contributed by atoms with E-state index in [-0.39, 0.29) is 0 Å². The molecular weight excluding hydrogens is 376 g/mol. The Kier molecular flexibility index (Phi) is 5.05. The molecular formula is C21H21ClN4O2. The molecule has 4 rings (SSSR count). The molecule has 0 N–H and O–H groups in total. The van der Waals surface area contributed by atoms with Crippen LogP contribution in [0.4, 0.5) is 4.79 Å². The summed E-state index contributed by atoms with van der Waals surface area (Å²) >= 11 is 6.19. The number of hydrogen-bond donors (Lipinski definition) is 0. The minimum absolute atomic E-state index is 0.397. The third kappa shape index (κ3) is 3.24. The summed E-state index contributed by atoms with van der Waals surface area (Å²) < 4.78 is 7.50. The highest BCUT2D eigenvalue weighted by atomic mass is 35.5. The van der Waals surface area contributed by atoms with Gasteiger partial charge in [-0.25, -0.2) is 9.78 Å². The van der Waals surface area contributed by atoms with Crippen LogP contribution in [0.2, 0.25) is 5.02 Å². The molecule has 1 aromatic carbocycles. The maximum atomic E-state index is 12.7. The van der Waals surface area contributed by atoms with Crippen molar-refractivity contribution in [2.75, 3.05) is 13.1 Å². The van der Waals surface area contributed by atoms with Crippen LogP contribution in [0.5, 0.6) is 5.88 Å². The number of nitrogens with zero attached hydrogens (tertiary/aromatic N) is 4. The fraction of sp³-hybridized carbons (Fsp3) is 0.286. The molecule has 1 aliphatic carbocycles. The monoisotopic (exact) mass is 396 g/mol. The maximum Gasteiger partial charge on any atom is 0.416 e. The van der Waals surface area contributed by atoms with Gasteiger partial charge in [-0.1, -0.05) is 23.7 Å². The smallest absolute Gasteiger partial charge is 0.390 e. The van der Waals surface area contributed by atoms with Crippen molar-refractivity contribution in [3.8, 4) is 22.8 Å². The van der Waals surface area contributed by atoms with Crippen LogP contribution in [-0.4, -0.2) is 38.8 Å². The van der Waals surface area contributed by atoms with Gasteiger partial charge in [-0.3, -0.25) is 0 Å². The number of fused-ring (bicyclic) bond motifs is 3. The lowest BCUT2D eigenvalue weighted by Crippen LogP contribution is -2.33. The number of hydrogen-bond acceptors (Lipinski definition) is 4. The molecule has 1 amide bonds. The number of rotatable bonds is 4. The maximum absolute atomic E-state index is 12.7. The van der Waals surface area contributed by atoms with Crippen LogP contribution >= 0.6 is 11.6 Å². The van der Waals surface area contributed by atoms with Crippen molar-refractivity contribution in [1.29, 1.82) is 0 Å². The summed E-state index contributed by atoms with van der Waals surface area (Å²) in [6.45, 7) is 4.99. The largest absolute Gasteiger partial charge is 0.416 e. The highest BCUT2D eigenvalue weighted by Crippen LogP contribution is 2.42. The van der Waals surface area contributed by atoms with Gasteiger partial charge < -0.3 is 9.64 Å². The first-order valence-corrected chi connectivity index (χ1v) is 9.79. The standard InChI is InChI=1S/C21H21ClN4O2/c1-3-25(4-2)21(27)28-20-19-16-10-9-15(22)13-14(16)8-11-17(19)24-26(20)18-7-5-6-12-23-18/h5-7,9-10,12-13H,3-4,8,11H2,1-2H3. The number of benzene rings is 1. The fourth-order valence-corrected chi connectivity index (χ4v) is 3.71. The second kappa shape index (κ2) is 7.64. The van der Waals surface area contributed by atoms with Gasteiger partial charge in [0.05, 0.1) is 11.3 Å². The van der Waals surface area contributed by atoms with Gasteiger partial charge in [0.1, 0.15) is 0 Å². The molecule has 7 heteroatoms. The Morgan fingerprint density at radius 3 is 2.75 bits per heavy atom. The molecule has 1 aliphatic rings. The van der Waals surface area contributed by atoms with Gasteiger partial charge in [0.2, 0.25) is 5.88 Å². The topological polar surface area (TPSA) is 60.3 Å². The van der Waals surface area contributed by atoms with E-state index in [1.165, 1.54) is 0 Å². The summed E-state index contributed by atoms with van der Waals surface area (Å²) in [6.07, 6.45) is 2.88. The Hall–Kier alpha value is -2.86. The Balaban J connectivity index is 1.88. The lowest BCUT2D eigenvalue weighted by atomic mass is 9.90. The molecule has 0 spiro atoms. The number of halogens is 1. The normalized spacial score (nSPS) is 12.2. The zero-order chi connectivity index (χ0) is 19.7. The SMILES string of the molecule is CCN(CC)C(=O)Oc1c2c(nn1-c1ccccn1)CCc1cc(Cl)ccc1-2. The van der Waals surface area contributed by atoms with Gasteiger partial charge in [0, 0.05) is 24.3 Å². The summed E-state index contributed by atoms with van der Waals surface area (Å²) in [5.41, 5.74) is 3.85. The highest BCUT2D eigenvalue weighted by Gasteiger charge is 2.29. The van der Waals surface area contributed by atoms with E-state index < -0.39 is 6.09 Å². The molecule has 2 heterocycles. The third-order valence-corrected chi connectivity index (χ3v) is 5.19. The van der Waals surface area contributed by atoms with Crippen LogP contribution < -0.4 is 4.74 Å². The first kappa shape index (κ1) is 18.5. The quantitative estimate of drug-likeness (QED) is 0.650. The minimum atomic E-state index is -0.397. The minimum Gasteiger partial charge on any atom is -0.390 e. The summed E-state index contributed by atoms with van der Waals surface area (Å²) in [6, 6.07) is 11.3. The molecule has 28 heavy (non-hydrogen) atoms. The van der Waals surface area contributed by atoms with Gasteiger partial charge in [0.25, 0.3) is 0 Å². The summed E-state index contributed by atoms with van der Waals surface area (Å²) in [4.78, 5) is 18.8. The van der Waals surface area contributed by atoms with Gasteiger partial charge in [-0.05, 0) is 62.1 Å². The molecule has 2 aromatic heterocycles. The molecule has 0 atom stereocenters. The van der Waals surface area contributed by atoms with Crippen LogP contribution in [0.15, 0.2) is 42.6 Å². The van der Waals surface area contributed by atoms with Gasteiger partial charge >= 0.3 is 6.09 Å². The van der Waals surface area contributed by atoms with Crippen LogP contribution in [0.1, 0.15) is 25.1 Å². The lowest BCUT2D eigenvalue weighted by Gasteiger charge is -2.20. The number of ether oxygens (including phenoxy) is 1. The van der Waals surface area contributed by atoms with E-state index in [1.54, 1.807) is 15.8 Å². The zero-order valence-corrected chi connectivity index (χ0v) is 16.6. The van der Waals surface area contributed by atoms with E-state index in [0.29, 0.717) is 29.8 Å². The molecule has 6 nitrogen and oxygen atoms in total. The van der Waals surface area contributed by atoms with E-state index in [1.807, 2.05) is 50.2 Å². The summed E-state index contributed by atoms with van der Waals surface area (Å²) in [7, 11) is 0. The second-order valence-electron chi connectivity index (χ2n) is 6.57. The molecule has 0 radical (unpaired) electrons. The molecule has 0 fully saturated rings. The number of pyridine rings is 1. The predicted molar refractivity (Wildman–Crippen MR) is 108 cm³/mol. The molecule has 144 valence electrons. The van der Waals surface area contributed by atoms with Gasteiger partial charge in [0.15, 0.2) is 5.82 Å². The summed E-state index contributed by atoms with van der Waals surface area (Å²) in [5.74, 6) is 1.00. The van der Waals surface area contributed by atoms with Crippen molar-refractivity contribution in [3.63, 3.8) is 0 Å². The van der Waals surface area contributed by atoms with Crippen LogP contribution in [0, 0.1) is 0 Å². The summed E-state index contributed by atoms with van der Waals surface area (Å²) in [5, 5.41) is 5.43. The van der Waals surface area contributed by atoms with E-state index in [0.717, 1.165) is 35.2 Å². The van der Waals surface area contributed by atoms with Gasteiger partial charge in [-0.15, -0.1) is 0 Å². The van der Waals surface area contributed by atoms with Crippen LogP contribution in [0.25, 0.3) is 16.9 Å². The Morgan fingerprint density at radius 1 is 1.21 bits per heavy atom. The Bertz CT molecular complexity index is 1010. The fourth-order valence-electron chi connectivity index (χ4n) is 3.51. The average molecular weight is 397 g/mol. The van der Waals surface area contributed by atoms with Crippen LogP contribution in [-0.2, 0) is 12.8 Å². The average Bonchev–Trinajstić information content (AvgIpc) is 3.08. The third-order valence-electron chi connectivity index (χ3n) is 4.96. The Labute approximate surface area is 168 Å². The van der Waals surface area contributed by atoms with Crippen molar-refractivity contribution in [1.82, 2.24) is 19.7 Å². The first-order chi connectivity index (χ1) is 13.6. The second-order valence-corrected chi connectivity index (χ2v) is 7.00. The van der Waals surface area contributed by atoms with Crippen molar-refractivity contribution < 1.29 is 9.53 Å². The zero-order valence-electron chi connectivity index (χ0n) is 15.9. The molecule has 0 unspecified atom stereocenters. The van der Waals surface area contributed by atoms with E-state index in [4.69, 9.17) is 21.4 Å². The van der Waals surface area contributed by atoms with Crippen molar-refractivity contribution >= 4 is 17.7 Å². The Morgan fingerprint density at radius 2 is 2.04 bits per heavy atom. The number of aromatic nitrogens is 3. The molecule has 3 aromatic rings. The molecule has 0 saturated carbocycles. The highest BCUT2D eigenvalue weighted by molar-refractivity contribution is 6.30. The number of carbonyl (C=O) groups excluding carboxylic acids is 1. The predicted octanol–water partition coefficient (Wildman–Crippen LogP) is 4.53. The van der Waals surface area contributed by atoms with Crippen molar-refractivity contribution in [3.05, 3.63) is 58.9 Å².